The first-order chi connectivity index (χ1) is 14.1. The highest BCUT2D eigenvalue weighted by Crippen LogP contribution is 2.42. The van der Waals surface area contributed by atoms with Gasteiger partial charge in [-0.1, -0.05) is 43.3 Å². The molecule has 1 aliphatic heterocycles. The Morgan fingerprint density at radius 2 is 1.90 bits per heavy atom. The fraction of sp³-hybridized carbons (Fsp3) is 0.217. The zero-order chi connectivity index (χ0) is 20.5. The SMILES string of the molecule is CCCN1C(=O)C(O)=C(C(=O)c2cc3ccccc3o2)C1c1ccccc1OC. The molecule has 1 unspecified atom stereocenters. The van der Waals surface area contributed by atoms with Crippen molar-refractivity contribution < 1.29 is 23.8 Å². The van der Waals surface area contributed by atoms with Crippen LogP contribution in [0.3, 0.4) is 0 Å². The van der Waals surface area contributed by atoms with Crippen LogP contribution in [0.25, 0.3) is 11.0 Å². The van der Waals surface area contributed by atoms with Crippen LogP contribution in [-0.4, -0.2) is 35.4 Å². The zero-order valence-corrected chi connectivity index (χ0v) is 16.2. The lowest BCUT2D eigenvalue weighted by molar-refractivity contribution is -0.129. The molecular formula is C23H21NO5. The second-order valence-corrected chi connectivity index (χ2v) is 6.88. The second-order valence-electron chi connectivity index (χ2n) is 6.88. The Morgan fingerprint density at radius 3 is 2.62 bits per heavy atom. The van der Waals surface area contributed by atoms with Gasteiger partial charge in [-0.2, -0.15) is 0 Å². The quantitative estimate of drug-likeness (QED) is 0.629. The average molecular weight is 391 g/mol. The van der Waals surface area contributed by atoms with E-state index in [1.807, 2.05) is 37.3 Å². The smallest absolute Gasteiger partial charge is 0.290 e. The van der Waals surface area contributed by atoms with Crippen LogP contribution >= 0.6 is 0 Å². The number of ketones is 1. The molecule has 0 saturated carbocycles. The highest BCUT2D eigenvalue weighted by molar-refractivity contribution is 6.16. The second kappa shape index (κ2) is 7.47. The summed E-state index contributed by atoms with van der Waals surface area (Å²) in [6.45, 7) is 2.32. The number of para-hydroxylation sites is 2. The van der Waals surface area contributed by atoms with Crippen molar-refractivity contribution in [2.75, 3.05) is 13.7 Å². The van der Waals surface area contributed by atoms with Crippen LogP contribution in [-0.2, 0) is 4.79 Å². The number of furan rings is 1. The van der Waals surface area contributed by atoms with E-state index in [-0.39, 0.29) is 11.3 Å². The molecule has 0 spiro atoms. The monoisotopic (exact) mass is 391 g/mol. The van der Waals surface area contributed by atoms with Gasteiger partial charge in [-0.15, -0.1) is 0 Å². The van der Waals surface area contributed by atoms with E-state index in [0.717, 1.165) is 5.39 Å². The minimum Gasteiger partial charge on any atom is -0.503 e. The fourth-order valence-electron chi connectivity index (χ4n) is 3.80. The number of aliphatic hydroxyl groups is 1. The number of ether oxygens (including phenoxy) is 1. The lowest BCUT2D eigenvalue weighted by atomic mass is 9.94. The summed E-state index contributed by atoms with van der Waals surface area (Å²) in [5, 5.41) is 11.4. The molecule has 1 amide bonds. The Bertz CT molecular complexity index is 1090. The van der Waals surface area contributed by atoms with Crippen molar-refractivity contribution in [2.24, 2.45) is 0 Å². The molecule has 148 valence electrons. The fourth-order valence-corrected chi connectivity index (χ4v) is 3.80. The van der Waals surface area contributed by atoms with E-state index < -0.39 is 23.5 Å². The van der Waals surface area contributed by atoms with Crippen molar-refractivity contribution in [1.82, 2.24) is 4.90 Å². The Labute approximate surface area is 168 Å². The van der Waals surface area contributed by atoms with Crippen LogP contribution in [0.4, 0.5) is 0 Å². The molecule has 0 saturated heterocycles. The van der Waals surface area contributed by atoms with Crippen molar-refractivity contribution in [3.63, 3.8) is 0 Å². The maximum atomic E-state index is 13.4. The number of fused-ring (bicyclic) bond motifs is 1. The van der Waals surface area contributed by atoms with Gasteiger partial charge in [0.15, 0.2) is 11.5 Å². The number of benzene rings is 2. The summed E-state index contributed by atoms with van der Waals surface area (Å²) in [7, 11) is 1.53. The number of nitrogens with zero attached hydrogens (tertiary/aromatic N) is 1. The van der Waals surface area contributed by atoms with Crippen molar-refractivity contribution in [3.05, 3.63) is 77.3 Å². The summed E-state index contributed by atoms with van der Waals surface area (Å²) in [5.74, 6) is -1.00. The Morgan fingerprint density at radius 1 is 1.17 bits per heavy atom. The molecule has 1 aromatic heterocycles. The largest absolute Gasteiger partial charge is 0.503 e. The molecule has 0 aliphatic carbocycles. The number of hydrogen-bond acceptors (Lipinski definition) is 5. The molecule has 2 heterocycles. The number of carbonyl (C=O) groups excluding carboxylic acids is 2. The zero-order valence-electron chi connectivity index (χ0n) is 16.2. The number of hydrogen-bond donors (Lipinski definition) is 1. The first kappa shape index (κ1) is 18.8. The van der Waals surface area contributed by atoms with Gasteiger partial charge in [0.2, 0.25) is 5.78 Å². The number of methoxy groups -OCH3 is 1. The highest BCUT2D eigenvalue weighted by atomic mass is 16.5. The third-order valence-corrected chi connectivity index (χ3v) is 5.10. The van der Waals surface area contributed by atoms with Gasteiger partial charge in [-0.3, -0.25) is 9.59 Å². The minimum atomic E-state index is -0.751. The Kier molecular flexibility index (Phi) is 4.84. The van der Waals surface area contributed by atoms with Crippen molar-refractivity contribution in [1.29, 1.82) is 0 Å². The van der Waals surface area contributed by atoms with Gasteiger partial charge in [0, 0.05) is 17.5 Å². The summed E-state index contributed by atoms with van der Waals surface area (Å²) >= 11 is 0. The van der Waals surface area contributed by atoms with Crippen LogP contribution in [0.5, 0.6) is 5.75 Å². The molecule has 2 aromatic carbocycles. The first-order valence-corrected chi connectivity index (χ1v) is 9.47. The number of Topliss-reactive ketones (excluding diaryl/α,β-unsaturated/α-hetero) is 1. The number of carbonyl (C=O) groups is 2. The average Bonchev–Trinajstić information content (AvgIpc) is 3.28. The van der Waals surface area contributed by atoms with E-state index in [1.165, 1.54) is 12.0 Å². The summed E-state index contributed by atoms with van der Waals surface area (Å²) in [6, 6.07) is 15.3. The van der Waals surface area contributed by atoms with Crippen LogP contribution in [0.2, 0.25) is 0 Å². The van der Waals surface area contributed by atoms with Gasteiger partial charge in [0.25, 0.3) is 5.91 Å². The van der Waals surface area contributed by atoms with Gasteiger partial charge in [0.1, 0.15) is 11.3 Å². The molecule has 3 aromatic rings. The van der Waals surface area contributed by atoms with Crippen LogP contribution in [0.1, 0.15) is 35.5 Å². The third kappa shape index (κ3) is 3.06. The Balaban J connectivity index is 1.85. The summed E-state index contributed by atoms with van der Waals surface area (Å²) in [6.07, 6.45) is 0.677. The van der Waals surface area contributed by atoms with E-state index in [9.17, 15) is 14.7 Å². The molecule has 29 heavy (non-hydrogen) atoms. The standard InChI is InChI=1S/C23H21NO5/c1-3-12-24-20(15-9-5-7-11-17(15)28-2)19(22(26)23(24)27)21(25)18-13-14-8-4-6-10-16(14)29-18/h4-11,13,20,26H,3,12H2,1-2H3. The molecule has 1 atom stereocenters. The Hall–Kier alpha value is -3.54. The van der Waals surface area contributed by atoms with E-state index >= 15 is 0 Å². The van der Waals surface area contributed by atoms with E-state index in [0.29, 0.717) is 29.9 Å². The van der Waals surface area contributed by atoms with Crippen LogP contribution in [0, 0.1) is 0 Å². The molecule has 6 nitrogen and oxygen atoms in total. The molecule has 1 N–H and O–H groups in total. The van der Waals surface area contributed by atoms with Crippen molar-refractivity contribution >= 4 is 22.7 Å². The summed E-state index contributed by atoms with van der Waals surface area (Å²) in [5.41, 5.74) is 1.21. The molecular weight excluding hydrogens is 370 g/mol. The van der Waals surface area contributed by atoms with E-state index in [1.54, 1.807) is 24.3 Å². The van der Waals surface area contributed by atoms with Gasteiger partial charge in [0.05, 0.1) is 18.7 Å². The van der Waals surface area contributed by atoms with Gasteiger partial charge in [-0.05, 0) is 24.6 Å². The molecule has 0 bridgehead atoms. The molecule has 0 radical (unpaired) electrons. The van der Waals surface area contributed by atoms with E-state index in [4.69, 9.17) is 9.15 Å². The normalized spacial score (nSPS) is 16.7. The molecule has 4 rings (SSSR count). The molecule has 6 heteroatoms. The predicted molar refractivity (Wildman–Crippen MR) is 108 cm³/mol. The van der Waals surface area contributed by atoms with Crippen LogP contribution in [0.15, 0.2) is 70.3 Å². The topological polar surface area (TPSA) is 80.0 Å². The maximum absolute atomic E-state index is 13.4. The van der Waals surface area contributed by atoms with Gasteiger partial charge >= 0.3 is 0 Å². The van der Waals surface area contributed by atoms with E-state index in [2.05, 4.69) is 0 Å². The first-order valence-electron chi connectivity index (χ1n) is 9.47. The molecule has 1 aliphatic rings. The molecule has 0 fully saturated rings. The lowest BCUT2D eigenvalue weighted by Crippen LogP contribution is -2.32. The highest BCUT2D eigenvalue weighted by Gasteiger charge is 2.45. The number of aliphatic hydroxyl groups excluding tert-OH is 1. The lowest BCUT2D eigenvalue weighted by Gasteiger charge is -2.27. The maximum Gasteiger partial charge on any atom is 0.290 e. The number of rotatable bonds is 6. The number of amides is 1. The summed E-state index contributed by atoms with van der Waals surface area (Å²) in [4.78, 5) is 27.7. The minimum absolute atomic E-state index is 0.00649. The van der Waals surface area contributed by atoms with Gasteiger partial charge < -0.3 is 19.2 Å². The van der Waals surface area contributed by atoms with Crippen LogP contribution < -0.4 is 4.74 Å². The van der Waals surface area contributed by atoms with Crippen molar-refractivity contribution in [2.45, 2.75) is 19.4 Å². The third-order valence-electron chi connectivity index (χ3n) is 5.10. The summed E-state index contributed by atoms with van der Waals surface area (Å²) < 4.78 is 11.2. The van der Waals surface area contributed by atoms with Crippen molar-refractivity contribution in [3.8, 4) is 5.75 Å². The predicted octanol–water partition coefficient (Wildman–Crippen LogP) is 4.43. The van der Waals surface area contributed by atoms with Gasteiger partial charge in [-0.25, -0.2) is 0 Å².